The molecule has 8 heteroatoms. The van der Waals surface area contributed by atoms with Gasteiger partial charge in [0.15, 0.2) is 0 Å². The summed E-state index contributed by atoms with van der Waals surface area (Å²) in [5, 5.41) is 3.27. The summed E-state index contributed by atoms with van der Waals surface area (Å²) in [7, 11) is -0.437. The minimum absolute atomic E-state index is 0. The standard InChI is InChI=1S/C16H25N3O3S.ClH/c1-12-11-17-9-10-19(12)16(20)13(2)14-5-7-15(8-6-14)23(21,22)18(3)4;/h5-8,12-13,17H,9-11H2,1-4H3;1H/t12-,13?;/m0./s1. The summed E-state index contributed by atoms with van der Waals surface area (Å²) in [5.41, 5.74) is 0.832. The second kappa shape index (κ2) is 8.29. The van der Waals surface area contributed by atoms with Crippen LogP contribution in [0, 0.1) is 0 Å². The van der Waals surface area contributed by atoms with Crippen molar-refractivity contribution in [1.82, 2.24) is 14.5 Å². The Hall–Kier alpha value is -1.15. The molecule has 0 bridgehead atoms. The van der Waals surface area contributed by atoms with E-state index < -0.39 is 10.0 Å². The molecule has 1 aliphatic heterocycles. The quantitative estimate of drug-likeness (QED) is 0.860. The van der Waals surface area contributed by atoms with Crippen molar-refractivity contribution < 1.29 is 13.2 Å². The van der Waals surface area contributed by atoms with Gasteiger partial charge in [0, 0.05) is 39.8 Å². The average Bonchev–Trinajstić information content (AvgIpc) is 2.54. The molecule has 0 aromatic heterocycles. The van der Waals surface area contributed by atoms with Gasteiger partial charge in [-0.15, -0.1) is 12.4 Å². The maximum Gasteiger partial charge on any atom is 0.242 e. The normalized spacial score (nSPS) is 19.7. The van der Waals surface area contributed by atoms with Gasteiger partial charge in [0.25, 0.3) is 0 Å². The number of carbonyl (C=O) groups is 1. The molecule has 1 saturated heterocycles. The Bertz CT molecular complexity index is 662. The van der Waals surface area contributed by atoms with Crippen molar-refractivity contribution in [3.8, 4) is 0 Å². The molecule has 24 heavy (non-hydrogen) atoms. The topological polar surface area (TPSA) is 69.7 Å². The minimum Gasteiger partial charge on any atom is -0.337 e. The number of halogens is 1. The fraction of sp³-hybridized carbons (Fsp3) is 0.562. The van der Waals surface area contributed by atoms with Crippen molar-refractivity contribution in [1.29, 1.82) is 0 Å². The number of nitrogens with one attached hydrogen (secondary N) is 1. The van der Waals surface area contributed by atoms with Gasteiger partial charge >= 0.3 is 0 Å². The molecule has 1 heterocycles. The molecule has 1 N–H and O–H groups in total. The molecule has 0 saturated carbocycles. The lowest BCUT2D eigenvalue weighted by molar-refractivity contribution is -0.135. The SMILES string of the molecule is CC(C(=O)N1CCNC[C@@H]1C)c1ccc(S(=O)(=O)N(C)C)cc1.Cl. The van der Waals surface area contributed by atoms with Crippen molar-refractivity contribution in [2.75, 3.05) is 33.7 Å². The van der Waals surface area contributed by atoms with Gasteiger partial charge in [-0.3, -0.25) is 4.79 Å². The predicted molar refractivity (Wildman–Crippen MR) is 97.0 cm³/mol. The highest BCUT2D eigenvalue weighted by Gasteiger charge is 2.28. The summed E-state index contributed by atoms with van der Waals surface area (Å²) in [6.07, 6.45) is 0. The van der Waals surface area contributed by atoms with E-state index in [-0.39, 0.29) is 35.2 Å². The Morgan fingerprint density at radius 2 is 1.88 bits per heavy atom. The van der Waals surface area contributed by atoms with E-state index in [9.17, 15) is 13.2 Å². The van der Waals surface area contributed by atoms with Crippen LogP contribution in [-0.4, -0.2) is 63.3 Å². The molecular formula is C16H26ClN3O3S. The number of rotatable bonds is 4. The number of amides is 1. The predicted octanol–water partition coefficient (Wildman–Crippen LogP) is 1.28. The summed E-state index contributed by atoms with van der Waals surface area (Å²) in [5.74, 6) is -0.200. The monoisotopic (exact) mass is 375 g/mol. The molecule has 0 radical (unpaired) electrons. The summed E-state index contributed by atoms with van der Waals surface area (Å²) >= 11 is 0. The fourth-order valence-corrected chi connectivity index (χ4v) is 3.60. The molecule has 0 spiro atoms. The van der Waals surface area contributed by atoms with Crippen LogP contribution in [0.2, 0.25) is 0 Å². The summed E-state index contributed by atoms with van der Waals surface area (Å²) in [4.78, 5) is 14.8. The number of hydrogen-bond donors (Lipinski definition) is 1. The maximum atomic E-state index is 12.7. The van der Waals surface area contributed by atoms with E-state index >= 15 is 0 Å². The number of carbonyl (C=O) groups excluding carboxylic acids is 1. The Morgan fingerprint density at radius 3 is 2.38 bits per heavy atom. The van der Waals surface area contributed by atoms with E-state index in [4.69, 9.17) is 0 Å². The Labute approximate surface area is 150 Å². The van der Waals surface area contributed by atoms with Crippen LogP contribution in [0.3, 0.4) is 0 Å². The zero-order chi connectivity index (χ0) is 17.2. The Morgan fingerprint density at radius 1 is 1.29 bits per heavy atom. The molecule has 2 atom stereocenters. The molecule has 1 aromatic rings. The first-order valence-electron chi connectivity index (χ1n) is 7.79. The van der Waals surface area contributed by atoms with E-state index in [1.54, 1.807) is 24.3 Å². The lowest BCUT2D eigenvalue weighted by atomic mass is 9.98. The Kier molecular flexibility index (Phi) is 7.22. The van der Waals surface area contributed by atoms with E-state index in [0.717, 1.165) is 18.7 Å². The van der Waals surface area contributed by atoms with E-state index in [1.807, 2.05) is 18.7 Å². The smallest absolute Gasteiger partial charge is 0.242 e. The van der Waals surface area contributed by atoms with Crippen molar-refractivity contribution >= 4 is 28.3 Å². The second-order valence-electron chi connectivity index (χ2n) is 6.16. The van der Waals surface area contributed by atoms with Gasteiger partial charge in [0.05, 0.1) is 10.8 Å². The summed E-state index contributed by atoms with van der Waals surface area (Å²) < 4.78 is 25.3. The highest BCUT2D eigenvalue weighted by atomic mass is 35.5. The molecule has 1 amide bonds. The number of benzene rings is 1. The molecule has 1 aromatic carbocycles. The molecule has 0 aliphatic carbocycles. The maximum absolute atomic E-state index is 12.7. The number of hydrogen-bond acceptors (Lipinski definition) is 4. The highest BCUT2D eigenvalue weighted by Crippen LogP contribution is 2.22. The van der Waals surface area contributed by atoms with Crippen LogP contribution in [0.15, 0.2) is 29.2 Å². The van der Waals surface area contributed by atoms with Crippen LogP contribution in [0.5, 0.6) is 0 Å². The molecule has 1 unspecified atom stereocenters. The molecule has 2 rings (SSSR count). The van der Waals surface area contributed by atoms with Crippen molar-refractivity contribution in [3.05, 3.63) is 29.8 Å². The van der Waals surface area contributed by atoms with Gasteiger partial charge in [0.2, 0.25) is 15.9 Å². The third-order valence-electron chi connectivity index (χ3n) is 4.31. The van der Waals surface area contributed by atoms with Gasteiger partial charge in [-0.1, -0.05) is 12.1 Å². The molecule has 1 aliphatic rings. The zero-order valence-electron chi connectivity index (χ0n) is 14.5. The van der Waals surface area contributed by atoms with Crippen LogP contribution in [0.25, 0.3) is 0 Å². The summed E-state index contributed by atoms with van der Waals surface area (Å²) in [6.45, 7) is 6.22. The number of nitrogens with zero attached hydrogens (tertiary/aromatic N) is 2. The molecule has 136 valence electrons. The fourth-order valence-electron chi connectivity index (χ4n) is 2.70. The van der Waals surface area contributed by atoms with Gasteiger partial charge < -0.3 is 10.2 Å². The minimum atomic E-state index is -3.44. The first-order chi connectivity index (χ1) is 10.7. The van der Waals surface area contributed by atoms with E-state index in [1.165, 1.54) is 18.4 Å². The lowest BCUT2D eigenvalue weighted by Gasteiger charge is -2.35. The first-order valence-corrected chi connectivity index (χ1v) is 9.23. The van der Waals surface area contributed by atoms with Crippen LogP contribution < -0.4 is 5.32 Å². The van der Waals surface area contributed by atoms with Crippen LogP contribution in [-0.2, 0) is 14.8 Å². The average molecular weight is 376 g/mol. The van der Waals surface area contributed by atoms with Gasteiger partial charge in [-0.25, -0.2) is 12.7 Å². The van der Waals surface area contributed by atoms with Crippen molar-refractivity contribution in [3.63, 3.8) is 0 Å². The van der Waals surface area contributed by atoms with Crippen molar-refractivity contribution in [2.24, 2.45) is 0 Å². The van der Waals surface area contributed by atoms with Gasteiger partial charge in [-0.05, 0) is 31.5 Å². The highest BCUT2D eigenvalue weighted by molar-refractivity contribution is 7.89. The van der Waals surface area contributed by atoms with Crippen molar-refractivity contribution in [2.45, 2.75) is 30.7 Å². The second-order valence-corrected chi connectivity index (χ2v) is 8.31. The van der Waals surface area contributed by atoms with E-state index in [0.29, 0.717) is 6.54 Å². The lowest BCUT2D eigenvalue weighted by Crippen LogP contribution is -2.53. The third-order valence-corrected chi connectivity index (χ3v) is 6.14. The molecule has 1 fully saturated rings. The third kappa shape index (κ3) is 4.27. The Balaban J connectivity index is 0.00000288. The van der Waals surface area contributed by atoms with Gasteiger partial charge in [-0.2, -0.15) is 0 Å². The molecular weight excluding hydrogens is 350 g/mol. The van der Waals surface area contributed by atoms with Crippen LogP contribution in [0.1, 0.15) is 25.3 Å². The number of sulfonamides is 1. The first kappa shape index (κ1) is 20.9. The zero-order valence-corrected chi connectivity index (χ0v) is 16.2. The summed E-state index contributed by atoms with van der Waals surface area (Å²) in [6, 6.07) is 6.76. The van der Waals surface area contributed by atoms with E-state index in [2.05, 4.69) is 5.32 Å². The molecule has 6 nitrogen and oxygen atoms in total. The van der Waals surface area contributed by atoms with Gasteiger partial charge in [0.1, 0.15) is 0 Å². The van der Waals surface area contributed by atoms with Crippen LogP contribution in [0.4, 0.5) is 0 Å². The largest absolute Gasteiger partial charge is 0.337 e. The van der Waals surface area contributed by atoms with Crippen LogP contribution >= 0.6 is 12.4 Å². The number of piperazine rings is 1.